The number of carbonyl (C=O) groups is 2. The van der Waals surface area contributed by atoms with E-state index in [0.717, 1.165) is 25.3 Å². The van der Waals surface area contributed by atoms with Gasteiger partial charge in [-0.2, -0.15) is 0 Å². The average molecular weight is 297 g/mol. The molecule has 116 valence electrons. The highest BCUT2D eigenvalue weighted by Gasteiger charge is 2.18. The minimum absolute atomic E-state index is 0.169. The smallest absolute Gasteiger partial charge is 0.335 e. The Labute approximate surface area is 123 Å². The van der Waals surface area contributed by atoms with Crippen LogP contribution in [-0.2, 0) is 4.74 Å². The first-order valence-electron chi connectivity index (χ1n) is 6.82. The molecule has 2 N–H and O–H groups in total. The topological polar surface area (TPSA) is 75.6 Å². The highest BCUT2D eigenvalue weighted by molar-refractivity contribution is 5.96. The summed E-state index contributed by atoms with van der Waals surface area (Å²) in [6.07, 6.45) is 2.65. The Balaban J connectivity index is 2.79. The molecule has 0 aliphatic carbocycles. The van der Waals surface area contributed by atoms with E-state index in [4.69, 9.17) is 9.84 Å². The van der Waals surface area contributed by atoms with Crippen LogP contribution in [0.5, 0.6) is 0 Å². The van der Waals surface area contributed by atoms with Crippen LogP contribution in [0.1, 0.15) is 46.9 Å². The summed E-state index contributed by atoms with van der Waals surface area (Å²) in [6, 6.07) is 3.03. The molecule has 1 unspecified atom stereocenters. The van der Waals surface area contributed by atoms with Crippen molar-refractivity contribution in [3.05, 3.63) is 35.1 Å². The minimum atomic E-state index is -1.24. The van der Waals surface area contributed by atoms with Crippen molar-refractivity contribution in [3.63, 3.8) is 0 Å². The Hall–Kier alpha value is -1.95. The summed E-state index contributed by atoms with van der Waals surface area (Å²) >= 11 is 0. The minimum Gasteiger partial charge on any atom is -0.478 e. The maximum Gasteiger partial charge on any atom is 0.335 e. The molecule has 0 aliphatic heterocycles. The Morgan fingerprint density at radius 1 is 1.43 bits per heavy atom. The highest BCUT2D eigenvalue weighted by Crippen LogP contribution is 2.12. The first-order chi connectivity index (χ1) is 9.99. The van der Waals surface area contributed by atoms with Crippen molar-refractivity contribution in [2.75, 3.05) is 13.7 Å². The predicted molar refractivity (Wildman–Crippen MR) is 76.0 cm³/mol. The molecule has 0 spiro atoms. The molecule has 0 aliphatic rings. The van der Waals surface area contributed by atoms with E-state index in [1.165, 1.54) is 19.2 Å². The summed E-state index contributed by atoms with van der Waals surface area (Å²) in [5, 5.41) is 11.5. The van der Waals surface area contributed by atoms with Crippen LogP contribution in [0.3, 0.4) is 0 Å². The van der Waals surface area contributed by atoms with Crippen molar-refractivity contribution >= 4 is 11.9 Å². The van der Waals surface area contributed by atoms with Crippen LogP contribution in [0, 0.1) is 5.82 Å². The summed E-state index contributed by atoms with van der Waals surface area (Å²) in [5.41, 5.74) is -0.360. The Bertz CT molecular complexity index is 504. The van der Waals surface area contributed by atoms with E-state index in [1.807, 2.05) is 6.92 Å². The maximum atomic E-state index is 13.8. The fraction of sp³-hybridized carbons (Fsp3) is 0.467. The number of hydrogen-bond acceptors (Lipinski definition) is 3. The molecule has 0 fully saturated rings. The molecule has 0 saturated heterocycles. The molecule has 0 heterocycles. The van der Waals surface area contributed by atoms with Crippen LogP contribution in [0.15, 0.2) is 18.2 Å². The summed E-state index contributed by atoms with van der Waals surface area (Å²) in [6.45, 7) is 2.39. The number of nitrogens with one attached hydrogen (secondary N) is 1. The molecule has 6 heteroatoms. The van der Waals surface area contributed by atoms with Crippen molar-refractivity contribution in [3.8, 4) is 0 Å². The second kappa shape index (κ2) is 8.36. The second-order valence-electron chi connectivity index (χ2n) is 4.77. The Kier molecular flexibility index (Phi) is 6.81. The van der Waals surface area contributed by atoms with Crippen LogP contribution in [0.2, 0.25) is 0 Å². The number of unbranched alkanes of at least 4 members (excludes halogenated alkanes) is 1. The summed E-state index contributed by atoms with van der Waals surface area (Å²) in [5.74, 6) is -2.65. The lowest BCUT2D eigenvalue weighted by atomic mass is 10.1. The van der Waals surface area contributed by atoms with Crippen LogP contribution in [0.4, 0.5) is 4.39 Å². The van der Waals surface area contributed by atoms with Crippen molar-refractivity contribution in [2.24, 2.45) is 0 Å². The quantitative estimate of drug-likeness (QED) is 0.773. The molecule has 0 bridgehead atoms. The first kappa shape index (κ1) is 17.1. The number of carboxylic acids is 1. The van der Waals surface area contributed by atoms with Crippen molar-refractivity contribution < 1.29 is 23.8 Å². The molecule has 1 amide bonds. The molecule has 1 aromatic rings. The van der Waals surface area contributed by atoms with Crippen molar-refractivity contribution in [1.29, 1.82) is 0 Å². The molecule has 0 aromatic heterocycles. The molecule has 1 rings (SSSR count). The number of carbonyl (C=O) groups excluding carboxylic acids is 1. The number of amides is 1. The van der Waals surface area contributed by atoms with E-state index in [2.05, 4.69) is 5.32 Å². The predicted octanol–water partition coefficient (Wildman–Crippen LogP) is 2.46. The largest absolute Gasteiger partial charge is 0.478 e. The number of aromatic carboxylic acids is 1. The number of rotatable bonds is 8. The standard InChI is InChI=1S/C15H20FNO4/c1-3-4-5-11(9-21-2)17-14(18)12-7-6-10(15(19)20)8-13(12)16/h6-8,11H,3-5,9H2,1-2H3,(H,17,18)(H,19,20). The van der Waals surface area contributed by atoms with Crippen LogP contribution in [-0.4, -0.2) is 36.7 Å². The van der Waals surface area contributed by atoms with Gasteiger partial charge < -0.3 is 15.2 Å². The molecule has 1 aromatic carbocycles. The highest BCUT2D eigenvalue weighted by atomic mass is 19.1. The third-order valence-electron chi connectivity index (χ3n) is 3.07. The third kappa shape index (κ3) is 5.15. The zero-order chi connectivity index (χ0) is 15.8. The number of carboxylic acid groups (broad SMARTS) is 1. The van der Waals surface area contributed by atoms with Gasteiger partial charge in [-0.05, 0) is 24.6 Å². The normalized spacial score (nSPS) is 12.0. The number of halogens is 1. The zero-order valence-electron chi connectivity index (χ0n) is 12.2. The SMILES string of the molecule is CCCCC(COC)NC(=O)c1ccc(C(=O)O)cc1F. The van der Waals surface area contributed by atoms with Gasteiger partial charge in [0.2, 0.25) is 0 Å². The van der Waals surface area contributed by atoms with Crippen LogP contribution < -0.4 is 5.32 Å². The van der Waals surface area contributed by atoms with Gasteiger partial charge in [0.1, 0.15) is 5.82 Å². The van der Waals surface area contributed by atoms with Gasteiger partial charge in [0.25, 0.3) is 5.91 Å². The molecular formula is C15H20FNO4. The van der Waals surface area contributed by atoms with Crippen molar-refractivity contribution in [1.82, 2.24) is 5.32 Å². The van der Waals surface area contributed by atoms with Gasteiger partial charge in [-0.15, -0.1) is 0 Å². The van der Waals surface area contributed by atoms with E-state index in [-0.39, 0.29) is 17.2 Å². The van der Waals surface area contributed by atoms with E-state index in [9.17, 15) is 14.0 Å². The maximum absolute atomic E-state index is 13.8. The Morgan fingerprint density at radius 2 is 2.14 bits per heavy atom. The zero-order valence-corrected chi connectivity index (χ0v) is 12.2. The van der Waals surface area contributed by atoms with Crippen LogP contribution in [0.25, 0.3) is 0 Å². The lowest BCUT2D eigenvalue weighted by molar-refractivity contribution is 0.0695. The first-order valence-corrected chi connectivity index (χ1v) is 6.82. The van der Waals surface area contributed by atoms with Crippen LogP contribution >= 0.6 is 0 Å². The van der Waals surface area contributed by atoms with E-state index >= 15 is 0 Å². The number of benzene rings is 1. The third-order valence-corrected chi connectivity index (χ3v) is 3.07. The summed E-state index contributed by atoms with van der Waals surface area (Å²) in [7, 11) is 1.54. The summed E-state index contributed by atoms with van der Waals surface area (Å²) < 4.78 is 18.8. The lowest BCUT2D eigenvalue weighted by Gasteiger charge is -2.18. The van der Waals surface area contributed by atoms with E-state index < -0.39 is 17.7 Å². The van der Waals surface area contributed by atoms with E-state index in [0.29, 0.717) is 6.61 Å². The molecule has 1 atom stereocenters. The second-order valence-corrected chi connectivity index (χ2v) is 4.77. The number of ether oxygens (including phenoxy) is 1. The van der Waals surface area contributed by atoms with Gasteiger partial charge in [-0.25, -0.2) is 9.18 Å². The van der Waals surface area contributed by atoms with Gasteiger partial charge >= 0.3 is 5.97 Å². The number of methoxy groups -OCH3 is 1. The molecule has 0 saturated carbocycles. The molecule has 0 radical (unpaired) electrons. The monoisotopic (exact) mass is 297 g/mol. The molecular weight excluding hydrogens is 277 g/mol. The van der Waals surface area contributed by atoms with Crippen molar-refractivity contribution in [2.45, 2.75) is 32.2 Å². The molecule has 5 nitrogen and oxygen atoms in total. The Morgan fingerprint density at radius 3 is 2.67 bits per heavy atom. The van der Waals surface area contributed by atoms with Gasteiger partial charge in [0, 0.05) is 7.11 Å². The fourth-order valence-electron chi connectivity index (χ4n) is 1.94. The van der Waals surface area contributed by atoms with Gasteiger partial charge in [-0.3, -0.25) is 4.79 Å². The van der Waals surface area contributed by atoms with Gasteiger partial charge in [0.05, 0.1) is 23.8 Å². The van der Waals surface area contributed by atoms with Gasteiger partial charge in [0.15, 0.2) is 0 Å². The molecule has 21 heavy (non-hydrogen) atoms. The summed E-state index contributed by atoms with van der Waals surface area (Å²) in [4.78, 5) is 22.8. The van der Waals surface area contributed by atoms with E-state index in [1.54, 1.807) is 0 Å². The lowest BCUT2D eigenvalue weighted by Crippen LogP contribution is -2.38. The average Bonchev–Trinajstić information content (AvgIpc) is 2.44. The van der Waals surface area contributed by atoms with Gasteiger partial charge in [-0.1, -0.05) is 19.8 Å². The fourth-order valence-corrected chi connectivity index (χ4v) is 1.94. The number of hydrogen-bond donors (Lipinski definition) is 2.